The van der Waals surface area contributed by atoms with Gasteiger partial charge in [0, 0.05) is 0 Å². The fraction of sp³-hybridized carbons (Fsp3) is 1.00. The van der Waals surface area contributed by atoms with Gasteiger partial charge in [-0.2, -0.15) is 0 Å². The van der Waals surface area contributed by atoms with Crippen LogP contribution in [0.2, 0.25) is 0 Å². The molecule has 0 heterocycles. The van der Waals surface area contributed by atoms with Crippen LogP contribution in [0.4, 0.5) is 0 Å². The molecule has 1 rings (SSSR count). The summed E-state index contributed by atoms with van der Waals surface area (Å²) in [4.78, 5) is 0. The van der Waals surface area contributed by atoms with Gasteiger partial charge in [-0.1, -0.05) is 61.8 Å². The first kappa shape index (κ1) is 14.1. The van der Waals surface area contributed by atoms with Gasteiger partial charge in [0.25, 0.3) is 0 Å². The molecule has 0 N–H and O–H groups in total. The minimum Gasteiger partial charge on any atom is -0.0654 e. The van der Waals surface area contributed by atoms with E-state index in [9.17, 15) is 0 Å². The van der Waals surface area contributed by atoms with Crippen LogP contribution >= 0.6 is 0 Å². The second-order valence-corrected chi connectivity index (χ2v) is 7.94. The molecule has 1 saturated carbocycles. The highest BCUT2D eigenvalue weighted by Crippen LogP contribution is 2.65. The van der Waals surface area contributed by atoms with Crippen LogP contribution in [-0.4, -0.2) is 0 Å². The van der Waals surface area contributed by atoms with E-state index in [4.69, 9.17) is 0 Å². The lowest BCUT2D eigenvalue weighted by Crippen LogP contribution is -2.41. The van der Waals surface area contributed by atoms with Crippen LogP contribution < -0.4 is 0 Å². The highest BCUT2D eigenvalue weighted by atomic mass is 14.6. The SMILES string of the molecule is CCCC1(C)C(C(C)(C)C)CC(C)C1(C)C. The Labute approximate surface area is 103 Å². The maximum Gasteiger partial charge on any atom is -0.0239 e. The van der Waals surface area contributed by atoms with Gasteiger partial charge in [0.15, 0.2) is 0 Å². The molecule has 3 unspecified atom stereocenters. The van der Waals surface area contributed by atoms with E-state index in [1.54, 1.807) is 0 Å². The molecule has 16 heavy (non-hydrogen) atoms. The first-order valence-corrected chi connectivity index (χ1v) is 7.07. The van der Waals surface area contributed by atoms with Gasteiger partial charge in [-0.15, -0.1) is 0 Å². The van der Waals surface area contributed by atoms with Gasteiger partial charge in [0.05, 0.1) is 0 Å². The predicted molar refractivity (Wildman–Crippen MR) is 73.5 cm³/mol. The lowest BCUT2D eigenvalue weighted by Gasteiger charge is -2.48. The normalized spacial score (nSPS) is 39.0. The van der Waals surface area contributed by atoms with Crippen molar-refractivity contribution in [1.82, 2.24) is 0 Å². The zero-order chi connectivity index (χ0) is 12.8. The molecule has 0 aromatic carbocycles. The van der Waals surface area contributed by atoms with Crippen molar-refractivity contribution < 1.29 is 0 Å². The monoisotopic (exact) mass is 224 g/mol. The van der Waals surface area contributed by atoms with Crippen molar-refractivity contribution >= 4 is 0 Å². The van der Waals surface area contributed by atoms with Crippen molar-refractivity contribution in [2.75, 3.05) is 0 Å². The highest BCUT2D eigenvalue weighted by molar-refractivity contribution is 5.06. The van der Waals surface area contributed by atoms with E-state index in [1.165, 1.54) is 19.3 Å². The molecule has 3 atom stereocenters. The standard InChI is InChI=1S/C16H32/c1-9-10-16(8)13(14(3,4)5)11-12(2)15(16,6)7/h12-13H,9-11H2,1-8H3. The molecular weight excluding hydrogens is 192 g/mol. The first-order chi connectivity index (χ1) is 7.07. The predicted octanol–water partition coefficient (Wildman–Crippen LogP) is 5.52. The Morgan fingerprint density at radius 2 is 1.62 bits per heavy atom. The van der Waals surface area contributed by atoms with Gasteiger partial charge in [0.1, 0.15) is 0 Å². The van der Waals surface area contributed by atoms with Crippen LogP contribution in [0, 0.1) is 28.1 Å². The minimum absolute atomic E-state index is 0.450. The molecule has 0 nitrogen and oxygen atoms in total. The molecule has 1 aliphatic carbocycles. The third-order valence-corrected chi connectivity index (χ3v) is 5.88. The van der Waals surface area contributed by atoms with Gasteiger partial charge < -0.3 is 0 Å². The molecule has 96 valence electrons. The summed E-state index contributed by atoms with van der Waals surface area (Å²) < 4.78 is 0. The fourth-order valence-corrected chi connectivity index (χ4v) is 4.25. The third kappa shape index (κ3) is 1.93. The van der Waals surface area contributed by atoms with Gasteiger partial charge in [-0.3, -0.25) is 0 Å². The second kappa shape index (κ2) is 4.03. The minimum atomic E-state index is 0.450. The maximum absolute atomic E-state index is 2.55. The van der Waals surface area contributed by atoms with E-state index >= 15 is 0 Å². The smallest absolute Gasteiger partial charge is 0.0239 e. The molecule has 0 spiro atoms. The van der Waals surface area contributed by atoms with Crippen molar-refractivity contribution in [1.29, 1.82) is 0 Å². The van der Waals surface area contributed by atoms with Crippen LogP contribution in [0.1, 0.15) is 74.7 Å². The Morgan fingerprint density at radius 3 is 2.00 bits per heavy atom. The Kier molecular flexibility index (Phi) is 3.54. The zero-order valence-electron chi connectivity index (χ0n) is 12.8. The zero-order valence-corrected chi connectivity index (χ0v) is 12.8. The van der Waals surface area contributed by atoms with E-state index in [1.807, 2.05) is 0 Å². The Hall–Kier alpha value is 0. The van der Waals surface area contributed by atoms with Gasteiger partial charge in [-0.25, -0.2) is 0 Å². The van der Waals surface area contributed by atoms with Crippen LogP contribution in [0.15, 0.2) is 0 Å². The molecule has 0 heteroatoms. The average Bonchev–Trinajstić information content (AvgIpc) is 2.26. The van der Waals surface area contributed by atoms with Crippen LogP contribution in [0.25, 0.3) is 0 Å². The van der Waals surface area contributed by atoms with Gasteiger partial charge >= 0.3 is 0 Å². The molecule has 0 aliphatic heterocycles. The summed E-state index contributed by atoms with van der Waals surface area (Å²) >= 11 is 0. The lowest BCUT2D eigenvalue weighted by molar-refractivity contribution is 0.00707. The van der Waals surface area contributed by atoms with Crippen molar-refractivity contribution in [3.05, 3.63) is 0 Å². The Bertz CT molecular complexity index is 243. The van der Waals surface area contributed by atoms with E-state index in [2.05, 4.69) is 55.4 Å². The summed E-state index contributed by atoms with van der Waals surface area (Å²) in [6.45, 7) is 19.6. The topological polar surface area (TPSA) is 0 Å². The summed E-state index contributed by atoms with van der Waals surface area (Å²) in [5.74, 6) is 1.72. The van der Waals surface area contributed by atoms with Crippen molar-refractivity contribution in [3.8, 4) is 0 Å². The number of hydrogen-bond acceptors (Lipinski definition) is 0. The Balaban J connectivity index is 3.13. The maximum atomic E-state index is 2.55. The molecule has 0 aromatic rings. The van der Waals surface area contributed by atoms with E-state index in [-0.39, 0.29) is 0 Å². The largest absolute Gasteiger partial charge is 0.0654 e. The Morgan fingerprint density at radius 1 is 1.12 bits per heavy atom. The summed E-state index contributed by atoms with van der Waals surface area (Å²) in [5, 5.41) is 0. The summed E-state index contributed by atoms with van der Waals surface area (Å²) in [7, 11) is 0. The van der Waals surface area contributed by atoms with Crippen molar-refractivity contribution in [2.45, 2.75) is 74.7 Å². The fourth-order valence-electron chi connectivity index (χ4n) is 4.25. The third-order valence-electron chi connectivity index (χ3n) is 5.88. The molecule has 0 radical (unpaired) electrons. The molecular formula is C16H32. The van der Waals surface area contributed by atoms with Gasteiger partial charge in [0.2, 0.25) is 0 Å². The van der Waals surface area contributed by atoms with Gasteiger partial charge in [-0.05, 0) is 40.9 Å². The summed E-state index contributed by atoms with van der Waals surface area (Å²) in [6, 6.07) is 0. The summed E-state index contributed by atoms with van der Waals surface area (Å²) in [5.41, 5.74) is 1.45. The molecule has 1 fully saturated rings. The molecule has 0 bridgehead atoms. The van der Waals surface area contributed by atoms with Crippen LogP contribution in [0.3, 0.4) is 0 Å². The van der Waals surface area contributed by atoms with Crippen LogP contribution in [0.5, 0.6) is 0 Å². The van der Waals surface area contributed by atoms with E-state index < -0.39 is 0 Å². The highest BCUT2D eigenvalue weighted by Gasteiger charge is 2.57. The van der Waals surface area contributed by atoms with E-state index in [0.717, 1.165) is 11.8 Å². The first-order valence-electron chi connectivity index (χ1n) is 7.07. The second-order valence-electron chi connectivity index (χ2n) is 7.94. The van der Waals surface area contributed by atoms with Crippen molar-refractivity contribution in [2.24, 2.45) is 28.1 Å². The quantitative estimate of drug-likeness (QED) is 0.579. The van der Waals surface area contributed by atoms with E-state index in [0.29, 0.717) is 16.2 Å². The number of rotatable bonds is 2. The lowest BCUT2D eigenvalue weighted by atomic mass is 9.57. The molecule has 0 aromatic heterocycles. The molecule has 0 saturated heterocycles. The van der Waals surface area contributed by atoms with Crippen molar-refractivity contribution in [3.63, 3.8) is 0 Å². The molecule has 0 amide bonds. The summed E-state index contributed by atoms with van der Waals surface area (Å²) in [6.07, 6.45) is 4.11. The molecule has 1 aliphatic rings. The number of hydrogen-bond donors (Lipinski definition) is 0. The van der Waals surface area contributed by atoms with Crippen LogP contribution in [-0.2, 0) is 0 Å². The average molecular weight is 224 g/mol.